The zero-order valence-corrected chi connectivity index (χ0v) is 10.2. The molecular formula is C12H13ClN2O2. The summed E-state index contributed by atoms with van der Waals surface area (Å²) in [6.45, 7) is 1.25. The van der Waals surface area contributed by atoms with Crippen LogP contribution in [0, 0.1) is 0 Å². The minimum absolute atomic E-state index is 0.621. The first kappa shape index (κ1) is 12.0. The van der Waals surface area contributed by atoms with Crippen molar-refractivity contribution in [3.8, 4) is 5.75 Å². The molecule has 0 atom stereocenters. The Morgan fingerprint density at radius 1 is 1.35 bits per heavy atom. The number of rotatable bonds is 5. The van der Waals surface area contributed by atoms with Crippen LogP contribution in [0.1, 0.15) is 11.3 Å². The van der Waals surface area contributed by atoms with E-state index in [1.165, 1.54) is 0 Å². The lowest BCUT2D eigenvalue weighted by molar-refractivity contribution is 0.403. The predicted molar refractivity (Wildman–Crippen MR) is 65.1 cm³/mol. The number of hydrogen-bond acceptors (Lipinski definition) is 4. The first-order valence-corrected chi connectivity index (χ1v) is 5.60. The quantitative estimate of drug-likeness (QED) is 0.889. The van der Waals surface area contributed by atoms with Gasteiger partial charge in [-0.15, -0.1) is 0 Å². The number of methoxy groups -OCH3 is 1. The van der Waals surface area contributed by atoms with Crippen LogP contribution in [0.15, 0.2) is 35.1 Å². The molecule has 1 aromatic carbocycles. The van der Waals surface area contributed by atoms with Gasteiger partial charge in [0, 0.05) is 29.7 Å². The SMILES string of the molecule is COc1cccc(Cl)c1CNCc1ccon1. The Bertz CT molecular complexity index is 471. The van der Waals surface area contributed by atoms with Crippen molar-refractivity contribution in [1.82, 2.24) is 10.5 Å². The summed E-state index contributed by atoms with van der Waals surface area (Å²) in [5.74, 6) is 0.783. The average Bonchev–Trinajstić information content (AvgIpc) is 2.84. The monoisotopic (exact) mass is 252 g/mol. The van der Waals surface area contributed by atoms with Gasteiger partial charge in [-0.2, -0.15) is 0 Å². The third-order valence-electron chi connectivity index (χ3n) is 2.39. The van der Waals surface area contributed by atoms with E-state index in [9.17, 15) is 0 Å². The molecule has 17 heavy (non-hydrogen) atoms. The highest BCUT2D eigenvalue weighted by Gasteiger charge is 2.07. The number of benzene rings is 1. The van der Waals surface area contributed by atoms with Crippen molar-refractivity contribution in [3.63, 3.8) is 0 Å². The van der Waals surface area contributed by atoms with E-state index in [4.69, 9.17) is 20.9 Å². The van der Waals surface area contributed by atoms with E-state index in [-0.39, 0.29) is 0 Å². The highest BCUT2D eigenvalue weighted by molar-refractivity contribution is 6.31. The maximum absolute atomic E-state index is 6.11. The molecule has 0 aliphatic heterocycles. The molecule has 1 N–H and O–H groups in total. The second kappa shape index (κ2) is 5.70. The zero-order valence-electron chi connectivity index (χ0n) is 9.44. The summed E-state index contributed by atoms with van der Waals surface area (Å²) >= 11 is 6.11. The maximum Gasteiger partial charge on any atom is 0.124 e. The lowest BCUT2D eigenvalue weighted by Gasteiger charge is -2.10. The van der Waals surface area contributed by atoms with Crippen molar-refractivity contribution in [3.05, 3.63) is 46.8 Å². The maximum atomic E-state index is 6.11. The molecule has 0 fully saturated rings. The first-order chi connectivity index (χ1) is 8.31. The minimum Gasteiger partial charge on any atom is -0.496 e. The van der Waals surface area contributed by atoms with Crippen molar-refractivity contribution in [2.75, 3.05) is 7.11 Å². The van der Waals surface area contributed by atoms with Crippen LogP contribution < -0.4 is 10.1 Å². The molecule has 5 heteroatoms. The smallest absolute Gasteiger partial charge is 0.124 e. The minimum atomic E-state index is 0.621. The van der Waals surface area contributed by atoms with Crippen LogP contribution in [0.2, 0.25) is 5.02 Å². The van der Waals surface area contributed by atoms with Gasteiger partial charge < -0.3 is 14.6 Å². The third kappa shape index (κ3) is 2.99. The van der Waals surface area contributed by atoms with Crippen molar-refractivity contribution in [2.45, 2.75) is 13.1 Å². The van der Waals surface area contributed by atoms with Gasteiger partial charge in [0.05, 0.1) is 12.8 Å². The summed E-state index contributed by atoms with van der Waals surface area (Å²) in [4.78, 5) is 0. The summed E-state index contributed by atoms with van der Waals surface area (Å²) in [7, 11) is 1.63. The van der Waals surface area contributed by atoms with E-state index in [2.05, 4.69) is 10.5 Å². The van der Waals surface area contributed by atoms with Crippen LogP contribution in [-0.2, 0) is 13.1 Å². The molecule has 2 rings (SSSR count). The van der Waals surface area contributed by atoms with Gasteiger partial charge in [-0.25, -0.2) is 0 Å². The molecule has 0 aliphatic carbocycles. The van der Waals surface area contributed by atoms with Crippen molar-refractivity contribution in [1.29, 1.82) is 0 Å². The summed E-state index contributed by atoms with van der Waals surface area (Å²) in [5, 5.41) is 7.74. The van der Waals surface area contributed by atoms with Crippen LogP contribution in [0.4, 0.5) is 0 Å². The van der Waals surface area contributed by atoms with Crippen molar-refractivity contribution >= 4 is 11.6 Å². The van der Waals surface area contributed by atoms with Gasteiger partial charge in [0.25, 0.3) is 0 Å². The van der Waals surface area contributed by atoms with Gasteiger partial charge in [0.2, 0.25) is 0 Å². The number of aromatic nitrogens is 1. The Labute approximate surface area is 105 Å². The standard InChI is InChI=1S/C12H13ClN2O2/c1-16-12-4-2-3-11(13)10(12)8-14-7-9-5-6-17-15-9/h2-6,14H,7-8H2,1H3. The molecule has 0 spiro atoms. The normalized spacial score (nSPS) is 10.5. The fraction of sp³-hybridized carbons (Fsp3) is 0.250. The molecule has 0 unspecified atom stereocenters. The molecule has 1 aromatic heterocycles. The van der Waals surface area contributed by atoms with Crippen molar-refractivity contribution < 1.29 is 9.26 Å². The number of ether oxygens (including phenoxy) is 1. The fourth-order valence-corrected chi connectivity index (χ4v) is 1.78. The second-order valence-corrected chi connectivity index (χ2v) is 3.92. The molecule has 2 aromatic rings. The molecule has 0 bridgehead atoms. The molecule has 0 aliphatic rings. The lowest BCUT2D eigenvalue weighted by Crippen LogP contribution is -2.13. The number of nitrogens with zero attached hydrogens (tertiary/aromatic N) is 1. The van der Waals surface area contributed by atoms with Gasteiger partial charge in [0.1, 0.15) is 12.0 Å². The van der Waals surface area contributed by atoms with Crippen LogP contribution in [0.25, 0.3) is 0 Å². The Balaban J connectivity index is 1.98. The van der Waals surface area contributed by atoms with Crippen molar-refractivity contribution in [2.24, 2.45) is 0 Å². The number of halogens is 1. The Morgan fingerprint density at radius 2 is 2.24 bits per heavy atom. The van der Waals surface area contributed by atoms with Gasteiger partial charge in [-0.05, 0) is 12.1 Å². The Hall–Kier alpha value is -1.52. The number of hydrogen-bond donors (Lipinski definition) is 1. The van der Waals surface area contributed by atoms with E-state index in [1.54, 1.807) is 13.4 Å². The Kier molecular flexibility index (Phi) is 4.01. The molecule has 0 radical (unpaired) electrons. The summed E-state index contributed by atoms with van der Waals surface area (Å²) < 4.78 is 10.0. The topological polar surface area (TPSA) is 47.3 Å². The summed E-state index contributed by atoms with van der Waals surface area (Å²) in [6.07, 6.45) is 1.55. The van der Waals surface area contributed by atoms with Gasteiger partial charge >= 0.3 is 0 Å². The molecule has 4 nitrogen and oxygen atoms in total. The zero-order chi connectivity index (χ0) is 12.1. The summed E-state index contributed by atoms with van der Waals surface area (Å²) in [6, 6.07) is 7.41. The van der Waals surface area contributed by atoms with E-state index >= 15 is 0 Å². The van der Waals surface area contributed by atoms with E-state index < -0.39 is 0 Å². The Morgan fingerprint density at radius 3 is 2.94 bits per heavy atom. The molecule has 0 amide bonds. The second-order valence-electron chi connectivity index (χ2n) is 3.51. The first-order valence-electron chi connectivity index (χ1n) is 5.22. The largest absolute Gasteiger partial charge is 0.496 e. The third-order valence-corrected chi connectivity index (χ3v) is 2.75. The van der Waals surface area contributed by atoms with E-state index in [1.807, 2.05) is 24.3 Å². The predicted octanol–water partition coefficient (Wildman–Crippen LogP) is 2.63. The highest BCUT2D eigenvalue weighted by atomic mass is 35.5. The van der Waals surface area contributed by atoms with Gasteiger partial charge in [0.15, 0.2) is 0 Å². The van der Waals surface area contributed by atoms with Gasteiger partial charge in [-0.1, -0.05) is 22.8 Å². The van der Waals surface area contributed by atoms with Crippen LogP contribution in [-0.4, -0.2) is 12.3 Å². The van der Waals surface area contributed by atoms with Crippen LogP contribution in [0.5, 0.6) is 5.75 Å². The molecule has 0 saturated carbocycles. The molecule has 90 valence electrons. The molecular weight excluding hydrogens is 240 g/mol. The highest BCUT2D eigenvalue weighted by Crippen LogP contribution is 2.25. The van der Waals surface area contributed by atoms with E-state index in [0.29, 0.717) is 18.1 Å². The lowest BCUT2D eigenvalue weighted by atomic mass is 10.2. The molecule has 0 saturated heterocycles. The average molecular weight is 253 g/mol. The van der Waals surface area contributed by atoms with Crippen LogP contribution in [0.3, 0.4) is 0 Å². The fourth-order valence-electron chi connectivity index (χ4n) is 1.55. The number of nitrogens with one attached hydrogen (secondary N) is 1. The summed E-state index contributed by atoms with van der Waals surface area (Å²) in [5.41, 5.74) is 1.80. The van der Waals surface area contributed by atoms with Gasteiger partial charge in [-0.3, -0.25) is 0 Å². The van der Waals surface area contributed by atoms with E-state index in [0.717, 1.165) is 17.0 Å². The molecule has 1 heterocycles. The van der Waals surface area contributed by atoms with Crippen LogP contribution >= 0.6 is 11.6 Å².